The predicted octanol–water partition coefficient (Wildman–Crippen LogP) is 3.05. The number of benzene rings is 1. The number of hydrogen-bond donors (Lipinski definition) is 2. The molecule has 5 nitrogen and oxygen atoms in total. The van der Waals surface area contributed by atoms with Crippen LogP contribution in [-0.4, -0.2) is 35.5 Å². The molecule has 0 unspecified atom stereocenters. The molecule has 25 heavy (non-hydrogen) atoms. The molecule has 2 aromatic rings. The number of aliphatic hydroxyl groups is 1. The van der Waals surface area contributed by atoms with Gasteiger partial charge in [-0.05, 0) is 42.7 Å². The first kappa shape index (κ1) is 17.8. The van der Waals surface area contributed by atoms with Crippen LogP contribution in [-0.2, 0) is 0 Å². The third kappa shape index (κ3) is 3.96. The molecule has 0 bridgehead atoms. The number of hydrogen-bond acceptors (Lipinski definition) is 5. The predicted molar refractivity (Wildman–Crippen MR) is 98.0 cm³/mol. The van der Waals surface area contributed by atoms with E-state index in [9.17, 15) is 9.90 Å². The van der Waals surface area contributed by atoms with E-state index in [4.69, 9.17) is 4.74 Å². The van der Waals surface area contributed by atoms with Gasteiger partial charge in [-0.2, -0.15) is 0 Å². The number of nitrogens with one attached hydrogen (secondary N) is 1. The van der Waals surface area contributed by atoms with E-state index in [2.05, 4.69) is 10.3 Å². The van der Waals surface area contributed by atoms with Crippen LogP contribution in [0.25, 0.3) is 0 Å². The van der Waals surface area contributed by atoms with Crippen molar-refractivity contribution >= 4 is 17.7 Å². The molecule has 132 valence electrons. The standard InChI is InChI=1S/C19H22N2O3S/c1-24-17-8-7-12(11-20-17)18(13-9-14(22)10-13)21-19(23)15-5-3-4-6-16(15)25-2/h3-8,11,13-14,18,22H,9-10H2,1-2H3,(H,21,23)/t13?,14?,18-/m1/s1. The number of thioether (sulfide) groups is 1. The molecule has 0 aliphatic heterocycles. The number of aromatic nitrogens is 1. The lowest BCUT2D eigenvalue weighted by Crippen LogP contribution is -2.41. The Kier molecular flexibility index (Phi) is 5.60. The molecule has 1 aromatic carbocycles. The second-order valence-corrected chi connectivity index (χ2v) is 7.02. The maximum absolute atomic E-state index is 12.8. The summed E-state index contributed by atoms with van der Waals surface area (Å²) < 4.78 is 5.11. The van der Waals surface area contributed by atoms with E-state index >= 15 is 0 Å². The van der Waals surface area contributed by atoms with Gasteiger partial charge in [-0.1, -0.05) is 18.2 Å². The minimum atomic E-state index is -0.283. The van der Waals surface area contributed by atoms with Crippen molar-refractivity contribution in [1.82, 2.24) is 10.3 Å². The fraction of sp³-hybridized carbons (Fsp3) is 0.368. The van der Waals surface area contributed by atoms with E-state index in [1.165, 1.54) is 0 Å². The van der Waals surface area contributed by atoms with E-state index in [0.29, 0.717) is 24.3 Å². The molecule has 1 aliphatic rings. The molecular formula is C19H22N2O3S. The Hall–Kier alpha value is -2.05. The Morgan fingerprint density at radius 3 is 2.68 bits per heavy atom. The summed E-state index contributed by atoms with van der Waals surface area (Å²) >= 11 is 1.55. The highest BCUT2D eigenvalue weighted by Crippen LogP contribution is 2.38. The summed E-state index contributed by atoms with van der Waals surface area (Å²) in [4.78, 5) is 18.0. The molecule has 1 amide bonds. The van der Waals surface area contributed by atoms with E-state index in [1.807, 2.05) is 36.6 Å². The van der Waals surface area contributed by atoms with Crippen LogP contribution in [0.5, 0.6) is 5.88 Å². The highest BCUT2D eigenvalue weighted by Gasteiger charge is 2.36. The summed E-state index contributed by atoms with van der Waals surface area (Å²) in [6, 6.07) is 11.1. The molecule has 3 rings (SSSR count). The van der Waals surface area contributed by atoms with Crippen molar-refractivity contribution in [3.05, 3.63) is 53.7 Å². The second-order valence-electron chi connectivity index (χ2n) is 6.17. The fourth-order valence-electron chi connectivity index (χ4n) is 3.12. The van der Waals surface area contributed by atoms with E-state index in [1.54, 1.807) is 31.1 Å². The average molecular weight is 358 g/mol. The van der Waals surface area contributed by atoms with Gasteiger partial charge in [0.15, 0.2) is 0 Å². The van der Waals surface area contributed by atoms with Crippen LogP contribution in [0, 0.1) is 5.92 Å². The van der Waals surface area contributed by atoms with E-state index in [-0.39, 0.29) is 24.0 Å². The highest BCUT2D eigenvalue weighted by molar-refractivity contribution is 7.98. The van der Waals surface area contributed by atoms with Crippen molar-refractivity contribution in [2.45, 2.75) is 29.9 Å². The average Bonchev–Trinajstić information content (AvgIpc) is 2.63. The molecule has 1 saturated carbocycles. The Balaban J connectivity index is 1.83. The molecule has 1 aromatic heterocycles. The number of pyridine rings is 1. The van der Waals surface area contributed by atoms with Gasteiger partial charge >= 0.3 is 0 Å². The summed E-state index contributed by atoms with van der Waals surface area (Å²) in [7, 11) is 1.57. The quantitative estimate of drug-likeness (QED) is 0.777. The molecule has 1 fully saturated rings. The number of carbonyl (C=O) groups excluding carboxylic acids is 1. The first-order valence-electron chi connectivity index (χ1n) is 8.24. The van der Waals surface area contributed by atoms with Crippen molar-refractivity contribution < 1.29 is 14.6 Å². The second kappa shape index (κ2) is 7.89. The minimum absolute atomic E-state index is 0.104. The Morgan fingerprint density at radius 1 is 1.32 bits per heavy atom. The van der Waals surface area contributed by atoms with Gasteiger partial charge in [-0.25, -0.2) is 4.98 Å². The number of rotatable bonds is 6. The third-order valence-corrected chi connectivity index (χ3v) is 5.38. The Bertz CT molecular complexity index is 730. The smallest absolute Gasteiger partial charge is 0.252 e. The van der Waals surface area contributed by atoms with Gasteiger partial charge in [-0.15, -0.1) is 11.8 Å². The molecule has 1 atom stereocenters. The van der Waals surface area contributed by atoms with E-state index < -0.39 is 0 Å². The zero-order valence-electron chi connectivity index (χ0n) is 14.3. The van der Waals surface area contributed by atoms with Crippen LogP contribution < -0.4 is 10.1 Å². The molecule has 1 heterocycles. The molecule has 6 heteroatoms. The summed E-state index contributed by atoms with van der Waals surface area (Å²) in [5.41, 5.74) is 1.59. The van der Waals surface area contributed by atoms with Crippen molar-refractivity contribution in [2.24, 2.45) is 5.92 Å². The van der Waals surface area contributed by atoms with Gasteiger partial charge in [0.05, 0.1) is 24.8 Å². The lowest BCUT2D eigenvalue weighted by molar-refractivity contribution is 0.0234. The Morgan fingerprint density at radius 2 is 2.08 bits per heavy atom. The van der Waals surface area contributed by atoms with Crippen molar-refractivity contribution in [3.8, 4) is 5.88 Å². The highest BCUT2D eigenvalue weighted by atomic mass is 32.2. The monoisotopic (exact) mass is 358 g/mol. The molecule has 2 N–H and O–H groups in total. The van der Waals surface area contributed by atoms with Crippen molar-refractivity contribution in [3.63, 3.8) is 0 Å². The maximum Gasteiger partial charge on any atom is 0.252 e. The van der Waals surface area contributed by atoms with Crippen LogP contribution in [0.4, 0.5) is 0 Å². The molecule has 0 spiro atoms. The zero-order chi connectivity index (χ0) is 17.8. The first-order valence-corrected chi connectivity index (χ1v) is 9.46. The van der Waals surface area contributed by atoms with Crippen LogP contribution in [0.2, 0.25) is 0 Å². The number of amides is 1. The van der Waals surface area contributed by atoms with Gasteiger partial charge in [0, 0.05) is 17.2 Å². The third-order valence-electron chi connectivity index (χ3n) is 4.59. The Labute approximate surface area is 151 Å². The number of aliphatic hydroxyl groups excluding tert-OH is 1. The number of nitrogens with zero attached hydrogens (tertiary/aromatic N) is 1. The summed E-state index contributed by atoms with van der Waals surface area (Å²) in [6.45, 7) is 0. The lowest BCUT2D eigenvalue weighted by atomic mass is 9.75. The largest absolute Gasteiger partial charge is 0.481 e. The van der Waals surface area contributed by atoms with Gasteiger partial charge in [0.2, 0.25) is 5.88 Å². The summed E-state index contributed by atoms with van der Waals surface area (Å²) in [6.07, 6.45) is 4.77. The number of carbonyl (C=O) groups is 1. The minimum Gasteiger partial charge on any atom is -0.481 e. The normalized spacial score (nSPS) is 20.4. The van der Waals surface area contributed by atoms with E-state index in [0.717, 1.165) is 10.5 Å². The molecular weight excluding hydrogens is 336 g/mol. The fourth-order valence-corrected chi connectivity index (χ4v) is 3.72. The SMILES string of the molecule is COc1ccc([C@@H](NC(=O)c2ccccc2SC)C2CC(O)C2)cn1. The van der Waals surface area contributed by atoms with Gasteiger partial charge < -0.3 is 15.2 Å². The van der Waals surface area contributed by atoms with Crippen LogP contribution in [0.15, 0.2) is 47.5 Å². The lowest BCUT2D eigenvalue weighted by Gasteiger charge is -2.38. The van der Waals surface area contributed by atoms with Gasteiger partial charge in [0.25, 0.3) is 5.91 Å². The molecule has 1 aliphatic carbocycles. The zero-order valence-corrected chi connectivity index (χ0v) is 15.1. The van der Waals surface area contributed by atoms with Crippen molar-refractivity contribution in [2.75, 3.05) is 13.4 Å². The topological polar surface area (TPSA) is 71.5 Å². The summed E-state index contributed by atoms with van der Waals surface area (Å²) in [5.74, 6) is 0.637. The van der Waals surface area contributed by atoms with Gasteiger partial charge in [-0.3, -0.25) is 4.79 Å². The number of methoxy groups -OCH3 is 1. The van der Waals surface area contributed by atoms with Gasteiger partial charge in [0.1, 0.15) is 0 Å². The van der Waals surface area contributed by atoms with Crippen LogP contribution in [0.3, 0.4) is 0 Å². The number of ether oxygens (including phenoxy) is 1. The summed E-state index contributed by atoms with van der Waals surface area (Å²) in [5, 5.41) is 12.8. The first-order chi connectivity index (χ1) is 12.1. The van der Waals surface area contributed by atoms with Crippen LogP contribution >= 0.6 is 11.8 Å². The maximum atomic E-state index is 12.8. The molecule has 0 radical (unpaired) electrons. The van der Waals surface area contributed by atoms with Crippen LogP contribution in [0.1, 0.15) is 34.8 Å². The molecule has 0 saturated heterocycles. The van der Waals surface area contributed by atoms with Crippen molar-refractivity contribution in [1.29, 1.82) is 0 Å².